The first-order valence-corrected chi connectivity index (χ1v) is 21.6. The van der Waals surface area contributed by atoms with Gasteiger partial charge in [0, 0.05) is 51.6 Å². The van der Waals surface area contributed by atoms with Crippen LogP contribution in [0.1, 0.15) is 85.1 Å². The molecule has 2 nitrogen and oxygen atoms in total. The zero-order chi connectivity index (χ0) is 39.5. The first-order chi connectivity index (χ1) is 29.0. The van der Waals surface area contributed by atoms with Crippen molar-refractivity contribution in [2.24, 2.45) is 0 Å². The second kappa shape index (κ2) is 14.5. The van der Waals surface area contributed by atoms with E-state index in [1.54, 1.807) is 0 Å². The van der Waals surface area contributed by atoms with Crippen molar-refractivity contribution < 1.29 is 0 Å². The van der Waals surface area contributed by atoms with Gasteiger partial charge in [-0.15, -0.1) is 0 Å². The van der Waals surface area contributed by atoms with E-state index < -0.39 is 0 Å². The van der Waals surface area contributed by atoms with E-state index >= 15 is 0 Å². The third-order valence-corrected chi connectivity index (χ3v) is 13.8. The zero-order valence-corrected chi connectivity index (χ0v) is 34.0. The highest BCUT2D eigenvalue weighted by Gasteiger charge is 2.41. The van der Waals surface area contributed by atoms with Gasteiger partial charge in [0.2, 0.25) is 0 Å². The molecule has 0 saturated carbocycles. The first kappa shape index (κ1) is 35.8. The van der Waals surface area contributed by atoms with Crippen LogP contribution in [0.2, 0.25) is 0 Å². The average Bonchev–Trinajstić information content (AvgIpc) is 3.75. The van der Waals surface area contributed by atoms with Crippen LogP contribution in [0.5, 0.6) is 0 Å². The van der Waals surface area contributed by atoms with Crippen LogP contribution in [0.3, 0.4) is 0 Å². The van der Waals surface area contributed by atoms with E-state index in [0.717, 1.165) is 19.3 Å². The fraction of sp³-hybridized carbons (Fsp3) is 0.193. The molecule has 1 aliphatic heterocycles. The van der Waals surface area contributed by atoms with Crippen molar-refractivity contribution in [2.75, 3.05) is 9.80 Å². The Labute approximate surface area is 349 Å². The third kappa shape index (κ3) is 6.08. The molecule has 0 aromatic heterocycles. The maximum absolute atomic E-state index is 2.66. The molecule has 11 rings (SSSR count). The van der Waals surface area contributed by atoms with Gasteiger partial charge in [-0.25, -0.2) is 0 Å². The molecule has 0 radical (unpaired) electrons. The summed E-state index contributed by atoms with van der Waals surface area (Å²) in [5, 5.41) is 0. The highest BCUT2D eigenvalue weighted by atomic mass is 15.2. The van der Waals surface area contributed by atoms with Gasteiger partial charge in [0.25, 0.3) is 0 Å². The van der Waals surface area contributed by atoms with E-state index in [1.165, 1.54) is 84.9 Å². The van der Waals surface area contributed by atoms with E-state index in [-0.39, 0.29) is 11.3 Å². The number of hydrogen-bond acceptors (Lipinski definition) is 2. The number of nitrogens with zero attached hydrogens (tertiary/aromatic N) is 2. The fourth-order valence-electron chi connectivity index (χ4n) is 10.8. The smallest absolute Gasteiger partial charge is 0.0588 e. The summed E-state index contributed by atoms with van der Waals surface area (Å²) in [6, 6.07) is 53.3. The van der Waals surface area contributed by atoms with Crippen molar-refractivity contribution >= 4 is 22.7 Å². The van der Waals surface area contributed by atoms with Gasteiger partial charge < -0.3 is 9.80 Å². The van der Waals surface area contributed by atoms with Crippen molar-refractivity contribution in [1.29, 1.82) is 0 Å². The summed E-state index contributed by atoms with van der Waals surface area (Å²) in [6.45, 7) is 4.79. The van der Waals surface area contributed by atoms with Crippen LogP contribution in [0.15, 0.2) is 200 Å². The Hall–Kier alpha value is -6.38. The van der Waals surface area contributed by atoms with Gasteiger partial charge in [0.15, 0.2) is 0 Å². The SMILES string of the molecule is CC1(C)c2cc(-c3ccccc3)ccc2-c2ccc(N(c3ccc(C4C=CC=CC4)cc3)c3ccc(C4CC=CC=C4N4c5ccccc5C5CCC=CC54)cc3)cc21. The zero-order valence-electron chi connectivity index (χ0n) is 34.0. The minimum Gasteiger partial charge on any atom is -0.337 e. The lowest BCUT2D eigenvalue weighted by Gasteiger charge is -2.37. The van der Waals surface area contributed by atoms with Crippen molar-refractivity contribution in [3.63, 3.8) is 0 Å². The van der Waals surface area contributed by atoms with E-state index in [4.69, 9.17) is 0 Å². The summed E-state index contributed by atoms with van der Waals surface area (Å²) in [6.07, 6.45) is 25.2. The summed E-state index contributed by atoms with van der Waals surface area (Å²) in [4.78, 5) is 5.13. The summed E-state index contributed by atoms with van der Waals surface area (Å²) < 4.78 is 0. The molecule has 1 heterocycles. The van der Waals surface area contributed by atoms with Gasteiger partial charge in [-0.2, -0.15) is 0 Å². The van der Waals surface area contributed by atoms with Crippen molar-refractivity contribution in [1.82, 2.24) is 0 Å². The third-order valence-electron chi connectivity index (χ3n) is 13.8. The molecular formula is C57H50N2. The first-order valence-electron chi connectivity index (χ1n) is 21.6. The van der Waals surface area contributed by atoms with Gasteiger partial charge in [0.1, 0.15) is 0 Å². The lowest BCUT2D eigenvalue weighted by molar-refractivity contribution is 0.553. The summed E-state index contributed by atoms with van der Waals surface area (Å²) in [5.74, 6) is 1.24. The molecule has 0 amide bonds. The highest BCUT2D eigenvalue weighted by molar-refractivity contribution is 5.87. The van der Waals surface area contributed by atoms with Crippen LogP contribution >= 0.6 is 0 Å². The quantitative estimate of drug-likeness (QED) is 0.149. The van der Waals surface area contributed by atoms with Gasteiger partial charge in [-0.3, -0.25) is 0 Å². The van der Waals surface area contributed by atoms with E-state index in [1.807, 2.05) is 0 Å². The summed E-state index contributed by atoms with van der Waals surface area (Å²) in [5.41, 5.74) is 18.3. The highest BCUT2D eigenvalue weighted by Crippen LogP contribution is 2.53. The van der Waals surface area contributed by atoms with Crippen LogP contribution in [0.4, 0.5) is 22.7 Å². The van der Waals surface area contributed by atoms with Crippen LogP contribution in [0.25, 0.3) is 22.3 Å². The minimum atomic E-state index is -0.149. The van der Waals surface area contributed by atoms with Crippen LogP contribution in [-0.4, -0.2) is 6.04 Å². The lowest BCUT2D eigenvalue weighted by Crippen LogP contribution is -2.35. The molecule has 5 aliphatic rings. The number of allylic oxidation sites excluding steroid dienone is 9. The van der Waals surface area contributed by atoms with Crippen molar-refractivity contribution in [3.05, 3.63) is 228 Å². The van der Waals surface area contributed by atoms with Crippen LogP contribution in [0, 0.1) is 0 Å². The molecule has 288 valence electrons. The molecule has 6 aromatic carbocycles. The van der Waals surface area contributed by atoms with Gasteiger partial charge in [-0.1, -0.05) is 153 Å². The Kier molecular flexibility index (Phi) is 8.77. The molecule has 0 saturated heterocycles. The van der Waals surface area contributed by atoms with E-state index in [2.05, 4.69) is 218 Å². The largest absolute Gasteiger partial charge is 0.337 e. The molecule has 6 aromatic rings. The van der Waals surface area contributed by atoms with Crippen molar-refractivity contribution in [2.45, 2.75) is 68.7 Å². The minimum absolute atomic E-state index is 0.149. The van der Waals surface area contributed by atoms with Gasteiger partial charge >= 0.3 is 0 Å². The predicted molar refractivity (Wildman–Crippen MR) is 248 cm³/mol. The number of para-hydroxylation sites is 1. The maximum Gasteiger partial charge on any atom is 0.0588 e. The lowest BCUT2D eigenvalue weighted by atomic mass is 9.81. The second-order valence-corrected chi connectivity index (χ2v) is 17.5. The number of hydrogen-bond donors (Lipinski definition) is 0. The molecule has 4 aliphatic carbocycles. The molecule has 59 heavy (non-hydrogen) atoms. The van der Waals surface area contributed by atoms with E-state index in [9.17, 15) is 0 Å². The monoisotopic (exact) mass is 762 g/mol. The Bertz CT molecular complexity index is 2710. The van der Waals surface area contributed by atoms with Crippen LogP contribution < -0.4 is 9.80 Å². The van der Waals surface area contributed by atoms with E-state index in [0.29, 0.717) is 17.9 Å². The Balaban J connectivity index is 0.966. The maximum atomic E-state index is 2.66. The Morgan fingerprint density at radius 2 is 1.27 bits per heavy atom. The Morgan fingerprint density at radius 3 is 2.05 bits per heavy atom. The number of rotatable bonds is 7. The number of fused-ring (bicyclic) bond motifs is 6. The second-order valence-electron chi connectivity index (χ2n) is 17.5. The normalized spacial score (nSPS) is 21.7. The molecule has 0 spiro atoms. The van der Waals surface area contributed by atoms with Gasteiger partial charge in [0.05, 0.1) is 6.04 Å². The molecule has 4 atom stereocenters. The molecule has 0 N–H and O–H groups in total. The van der Waals surface area contributed by atoms with Crippen LogP contribution in [-0.2, 0) is 5.41 Å². The molecule has 0 bridgehead atoms. The number of benzene rings is 6. The molecule has 4 unspecified atom stereocenters. The molecule has 0 fully saturated rings. The molecule has 2 heteroatoms. The van der Waals surface area contributed by atoms with Gasteiger partial charge in [-0.05, 0) is 130 Å². The average molecular weight is 763 g/mol. The molecular weight excluding hydrogens is 713 g/mol. The summed E-state index contributed by atoms with van der Waals surface area (Å²) >= 11 is 0. The topological polar surface area (TPSA) is 6.48 Å². The fourth-order valence-corrected chi connectivity index (χ4v) is 10.8. The predicted octanol–water partition coefficient (Wildman–Crippen LogP) is 15.0. The Morgan fingerprint density at radius 1 is 0.576 bits per heavy atom. The summed E-state index contributed by atoms with van der Waals surface area (Å²) in [7, 11) is 0. The van der Waals surface area contributed by atoms with Crippen molar-refractivity contribution in [3.8, 4) is 22.3 Å². The standard InChI is InChI=1S/C57H50N2/c1-57(2)52-37-43(40-17-7-4-8-18-40)29-35-48(52)49-36-34-46(38-53(49)57)58(44-30-25-41(26-31-44)39-15-5-3-6-16-39)45-32-27-42(28-33-45)47-19-9-12-22-54(47)59-55-23-13-10-20-50(55)51-21-11-14-24-56(51)59/h3-10,12-15,17-18,20,22-39,47,51,56H,11,16,19,21H2,1-2H3. The number of anilines is 4.